The highest BCUT2D eigenvalue weighted by atomic mass is 16.2. The largest absolute Gasteiger partial charge is 0.368 e. The van der Waals surface area contributed by atoms with Crippen molar-refractivity contribution < 1.29 is 19.2 Å². The number of amides is 4. The van der Waals surface area contributed by atoms with Crippen molar-refractivity contribution in [2.45, 2.75) is 76.9 Å². The molecule has 2 rings (SSSR count). The van der Waals surface area contributed by atoms with Gasteiger partial charge in [-0.1, -0.05) is 13.8 Å². The van der Waals surface area contributed by atoms with Gasteiger partial charge in [0.15, 0.2) is 0 Å². The zero-order valence-electron chi connectivity index (χ0n) is 15.6. The third kappa shape index (κ3) is 5.19. The van der Waals surface area contributed by atoms with Crippen molar-refractivity contribution in [1.82, 2.24) is 15.5 Å². The Labute approximate surface area is 154 Å². The van der Waals surface area contributed by atoms with Crippen molar-refractivity contribution in [2.75, 3.05) is 6.54 Å². The van der Waals surface area contributed by atoms with Crippen LogP contribution in [0.25, 0.3) is 0 Å². The maximum Gasteiger partial charge on any atom is 0.245 e. The zero-order valence-corrected chi connectivity index (χ0v) is 15.6. The van der Waals surface area contributed by atoms with E-state index < -0.39 is 24.0 Å². The van der Waals surface area contributed by atoms with Crippen LogP contribution in [0.2, 0.25) is 0 Å². The maximum absolute atomic E-state index is 13.1. The van der Waals surface area contributed by atoms with E-state index in [2.05, 4.69) is 10.6 Å². The lowest BCUT2D eigenvalue weighted by Gasteiger charge is -2.36. The minimum Gasteiger partial charge on any atom is -0.368 e. The number of hydrogen-bond donors (Lipinski definition) is 3. The number of nitrogens with zero attached hydrogens (tertiary/aromatic N) is 1. The fourth-order valence-corrected chi connectivity index (χ4v) is 3.53. The van der Waals surface area contributed by atoms with Gasteiger partial charge in [-0.25, -0.2) is 0 Å². The van der Waals surface area contributed by atoms with Crippen molar-refractivity contribution in [3.05, 3.63) is 0 Å². The summed E-state index contributed by atoms with van der Waals surface area (Å²) in [6, 6.07) is -1.91. The number of carbonyl (C=O) groups excluding carboxylic acids is 4. The number of piperidine rings is 1. The number of carbonyl (C=O) groups is 4. The molecule has 2 heterocycles. The summed E-state index contributed by atoms with van der Waals surface area (Å²) in [6.45, 7) is 4.57. The van der Waals surface area contributed by atoms with Crippen LogP contribution in [0, 0.1) is 5.92 Å². The van der Waals surface area contributed by atoms with Gasteiger partial charge in [0.1, 0.15) is 18.1 Å². The van der Waals surface area contributed by atoms with Gasteiger partial charge < -0.3 is 21.3 Å². The first kappa shape index (κ1) is 20.2. The molecule has 0 unspecified atom stereocenters. The Bertz CT molecular complexity index is 563. The summed E-state index contributed by atoms with van der Waals surface area (Å²) < 4.78 is 0. The topological polar surface area (TPSA) is 122 Å². The molecule has 2 aliphatic heterocycles. The van der Waals surface area contributed by atoms with Crippen LogP contribution in [0.3, 0.4) is 0 Å². The van der Waals surface area contributed by atoms with Gasteiger partial charge in [-0.05, 0) is 44.4 Å². The van der Waals surface area contributed by atoms with Gasteiger partial charge in [-0.15, -0.1) is 0 Å². The molecule has 2 saturated heterocycles. The van der Waals surface area contributed by atoms with Gasteiger partial charge in [0.25, 0.3) is 0 Å². The molecule has 8 nitrogen and oxygen atoms in total. The Balaban J connectivity index is 2.09. The van der Waals surface area contributed by atoms with Gasteiger partial charge in [-0.2, -0.15) is 0 Å². The molecule has 2 aliphatic rings. The Kier molecular flexibility index (Phi) is 6.99. The zero-order chi connectivity index (χ0) is 19.3. The molecular weight excluding hydrogens is 336 g/mol. The van der Waals surface area contributed by atoms with Crippen LogP contribution in [0.15, 0.2) is 0 Å². The lowest BCUT2D eigenvalue weighted by atomic mass is 9.97. The molecule has 0 radical (unpaired) electrons. The summed E-state index contributed by atoms with van der Waals surface area (Å²) in [6.07, 6.45) is 4.24. The van der Waals surface area contributed by atoms with E-state index in [4.69, 9.17) is 5.73 Å². The molecule has 2 fully saturated rings. The highest BCUT2D eigenvalue weighted by Gasteiger charge is 2.36. The first-order valence-corrected chi connectivity index (χ1v) is 9.49. The molecule has 0 bridgehead atoms. The van der Waals surface area contributed by atoms with E-state index in [-0.39, 0.29) is 17.7 Å². The molecule has 0 aromatic rings. The Morgan fingerprint density at radius 2 is 1.96 bits per heavy atom. The first-order valence-electron chi connectivity index (χ1n) is 9.49. The number of hydrogen-bond acceptors (Lipinski definition) is 4. The summed E-state index contributed by atoms with van der Waals surface area (Å²) >= 11 is 0. The fraction of sp³-hybridized carbons (Fsp3) is 0.778. The van der Waals surface area contributed by atoms with Crippen LogP contribution in [-0.4, -0.2) is 53.2 Å². The maximum atomic E-state index is 13.1. The molecule has 0 saturated carbocycles. The predicted molar refractivity (Wildman–Crippen MR) is 95.7 cm³/mol. The standard InChI is InChI=1S/C18H30N4O4/c1-11(2)6-7-13(21-17(25)12-8-9-15(23)20-12)18(26)22-10-4-3-5-14(22)16(19)24/h11-14H,3-10H2,1-2H3,(H2,19,24)(H,20,23)(H,21,25)/t12-,13-,14-/m0/s1. The fourth-order valence-electron chi connectivity index (χ4n) is 3.53. The predicted octanol–water partition coefficient (Wildman–Crippen LogP) is 0.0524. The van der Waals surface area contributed by atoms with Gasteiger partial charge in [-0.3, -0.25) is 19.2 Å². The molecule has 0 spiro atoms. The molecule has 26 heavy (non-hydrogen) atoms. The second-order valence-corrected chi connectivity index (χ2v) is 7.64. The quantitative estimate of drug-likeness (QED) is 0.589. The minimum absolute atomic E-state index is 0.153. The molecule has 8 heteroatoms. The second-order valence-electron chi connectivity index (χ2n) is 7.64. The summed E-state index contributed by atoms with van der Waals surface area (Å²) in [5.41, 5.74) is 5.47. The van der Waals surface area contributed by atoms with Crippen LogP contribution in [0.5, 0.6) is 0 Å². The Morgan fingerprint density at radius 1 is 1.23 bits per heavy atom. The number of nitrogens with two attached hydrogens (primary N) is 1. The Hall–Kier alpha value is -2.12. The van der Waals surface area contributed by atoms with Crippen LogP contribution >= 0.6 is 0 Å². The average Bonchev–Trinajstić information content (AvgIpc) is 3.04. The molecule has 0 aromatic carbocycles. The number of rotatable bonds is 7. The second kappa shape index (κ2) is 9.00. The van der Waals surface area contributed by atoms with Crippen molar-refractivity contribution >= 4 is 23.6 Å². The molecule has 4 N–H and O–H groups in total. The SMILES string of the molecule is CC(C)CC[C@H](NC(=O)[C@@H]1CCC(=O)N1)C(=O)N1CCCC[C@H]1C(N)=O. The van der Waals surface area contributed by atoms with Crippen LogP contribution in [-0.2, 0) is 19.2 Å². The summed E-state index contributed by atoms with van der Waals surface area (Å²) in [5.74, 6) is -0.880. The van der Waals surface area contributed by atoms with Crippen molar-refractivity contribution in [3.8, 4) is 0 Å². The van der Waals surface area contributed by atoms with E-state index >= 15 is 0 Å². The van der Waals surface area contributed by atoms with Gasteiger partial charge in [0.05, 0.1) is 0 Å². The molecular formula is C18H30N4O4. The average molecular weight is 366 g/mol. The third-order valence-electron chi connectivity index (χ3n) is 5.07. The normalized spacial score (nSPS) is 24.3. The summed E-state index contributed by atoms with van der Waals surface area (Å²) in [7, 11) is 0. The van der Waals surface area contributed by atoms with E-state index in [1.165, 1.54) is 4.90 Å². The number of nitrogens with one attached hydrogen (secondary N) is 2. The van der Waals surface area contributed by atoms with Crippen molar-refractivity contribution in [3.63, 3.8) is 0 Å². The van der Waals surface area contributed by atoms with Crippen molar-refractivity contribution in [1.29, 1.82) is 0 Å². The van der Waals surface area contributed by atoms with E-state index in [0.29, 0.717) is 38.1 Å². The molecule has 3 atom stereocenters. The molecule has 0 aromatic heterocycles. The van der Waals surface area contributed by atoms with Gasteiger partial charge in [0.2, 0.25) is 23.6 Å². The number of likely N-dealkylation sites (tertiary alicyclic amines) is 1. The lowest BCUT2D eigenvalue weighted by Crippen LogP contribution is -2.58. The smallest absolute Gasteiger partial charge is 0.245 e. The van der Waals surface area contributed by atoms with Crippen LogP contribution < -0.4 is 16.4 Å². The highest BCUT2D eigenvalue weighted by molar-refractivity contribution is 5.95. The van der Waals surface area contributed by atoms with E-state index in [1.807, 2.05) is 13.8 Å². The molecule has 146 valence electrons. The third-order valence-corrected chi connectivity index (χ3v) is 5.07. The first-order chi connectivity index (χ1) is 12.3. The summed E-state index contributed by atoms with van der Waals surface area (Å²) in [5, 5.41) is 5.41. The molecule has 0 aliphatic carbocycles. The monoisotopic (exact) mass is 366 g/mol. The summed E-state index contributed by atoms with van der Waals surface area (Å²) in [4.78, 5) is 50.1. The minimum atomic E-state index is -0.706. The van der Waals surface area contributed by atoms with E-state index in [1.54, 1.807) is 0 Å². The molecule has 4 amide bonds. The van der Waals surface area contributed by atoms with Crippen molar-refractivity contribution in [2.24, 2.45) is 11.7 Å². The van der Waals surface area contributed by atoms with Crippen LogP contribution in [0.1, 0.15) is 58.8 Å². The Morgan fingerprint density at radius 3 is 2.54 bits per heavy atom. The lowest BCUT2D eigenvalue weighted by molar-refractivity contribution is -0.144. The highest BCUT2D eigenvalue weighted by Crippen LogP contribution is 2.20. The number of primary amides is 1. The van der Waals surface area contributed by atoms with Gasteiger partial charge in [0, 0.05) is 13.0 Å². The van der Waals surface area contributed by atoms with Crippen LogP contribution in [0.4, 0.5) is 0 Å². The van der Waals surface area contributed by atoms with Gasteiger partial charge >= 0.3 is 0 Å². The van der Waals surface area contributed by atoms with E-state index in [9.17, 15) is 19.2 Å². The van der Waals surface area contributed by atoms with E-state index in [0.717, 1.165) is 19.3 Å².